The molecule has 2 atom stereocenters. The number of hydrogen-bond donors (Lipinski definition) is 2. The minimum atomic E-state index is -0.484. The number of benzene rings is 1. The number of aliphatic hydroxyl groups is 1. The van der Waals surface area contributed by atoms with E-state index in [4.69, 9.17) is 5.73 Å². The van der Waals surface area contributed by atoms with Gasteiger partial charge in [0.05, 0.1) is 11.0 Å². The van der Waals surface area contributed by atoms with Crippen LogP contribution in [0.15, 0.2) is 18.2 Å². The summed E-state index contributed by atoms with van der Waals surface area (Å²) in [6, 6.07) is 4.77. The largest absolute Gasteiger partial charge is 0.393 e. The van der Waals surface area contributed by atoms with Crippen molar-refractivity contribution in [3.63, 3.8) is 0 Å². The van der Waals surface area contributed by atoms with Crippen LogP contribution < -0.4 is 10.6 Å². The van der Waals surface area contributed by atoms with Gasteiger partial charge in [0.2, 0.25) is 0 Å². The summed E-state index contributed by atoms with van der Waals surface area (Å²) in [6.45, 7) is 3.47. The summed E-state index contributed by atoms with van der Waals surface area (Å²) in [6.07, 6.45) is 0.439. The van der Waals surface area contributed by atoms with E-state index >= 15 is 0 Å². The molecule has 3 N–H and O–H groups in total. The molecule has 0 spiro atoms. The Morgan fingerprint density at radius 3 is 2.83 bits per heavy atom. The van der Waals surface area contributed by atoms with E-state index in [2.05, 4.69) is 4.90 Å². The Bertz CT molecular complexity index is 464. The maximum Gasteiger partial charge on any atom is 0.292 e. The molecule has 1 aromatic carbocycles. The maximum atomic E-state index is 10.7. The molecule has 2 rings (SSSR count). The molecule has 0 saturated carbocycles. The van der Waals surface area contributed by atoms with E-state index in [1.807, 2.05) is 6.92 Å². The first-order valence-corrected chi connectivity index (χ1v) is 5.96. The van der Waals surface area contributed by atoms with Gasteiger partial charge >= 0.3 is 0 Å². The van der Waals surface area contributed by atoms with Gasteiger partial charge in [0.1, 0.15) is 5.69 Å². The van der Waals surface area contributed by atoms with Crippen molar-refractivity contribution in [3.8, 4) is 0 Å². The van der Waals surface area contributed by atoms with Gasteiger partial charge in [0.15, 0.2) is 0 Å². The fraction of sp³-hybridized carbons (Fsp3) is 0.500. The molecule has 1 fully saturated rings. The number of nitro groups is 1. The predicted molar refractivity (Wildman–Crippen MR) is 69.5 cm³/mol. The first-order valence-electron chi connectivity index (χ1n) is 5.96. The number of nitro benzene ring substituents is 1. The lowest BCUT2D eigenvalue weighted by atomic mass is 9.96. The summed E-state index contributed by atoms with van der Waals surface area (Å²) in [4.78, 5) is 12.3. The Morgan fingerprint density at radius 2 is 2.28 bits per heavy atom. The monoisotopic (exact) mass is 251 g/mol. The van der Waals surface area contributed by atoms with Crippen molar-refractivity contribution in [2.24, 2.45) is 5.92 Å². The Morgan fingerprint density at radius 1 is 1.56 bits per heavy atom. The molecule has 1 aromatic rings. The molecular formula is C12H17N3O3. The first kappa shape index (κ1) is 12.6. The molecule has 0 aromatic heterocycles. The van der Waals surface area contributed by atoms with Gasteiger partial charge in [0, 0.05) is 24.8 Å². The van der Waals surface area contributed by atoms with Crippen LogP contribution in [-0.4, -0.2) is 29.2 Å². The highest BCUT2D eigenvalue weighted by molar-refractivity contribution is 5.66. The van der Waals surface area contributed by atoms with E-state index in [1.54, 1.807) is 12.1 Å². The zero-order valence-electron chi connectivity index (χ0n) is 10.2. The van der Waals surface area contributed by atoms with Crippen LogP contribution in [-0.2, 0) is 0 Å². The van der Waals surface area contributed by atoms with Gasteiger partial charge in [-0.05, 0) is 24.5 Å². The molecule has 0 bridgehead atoms. The minimum Gasteiger partial charge on any atom is -0.393 e. The van der Waals surface area contributed by atoms with Gasteiger partial charge in [-0.1, -0.05) is 6.92 Å². The van der Waals surface area contributed by atoms with Crippen LogP contribution in [0, 0.1) is 16.0 Å². The average molecular weight is 251 g/mol. The summed E-state index contributed by atoms with van der Waals surface area (Å²) in [5.74, 6) is 0.190. The lowest BCUT2D eigenvalue weighted by molar-refractivity contribution is -0.383. The molecule has 1 saturated heterocycles. The maximum absolute atomic E-state index is 10.7. The highest BCUT2D eigenvalue weighted by Gasteiger charge is 2.25. The van der Waals surface area contributed by atoms with Crippen LogP contribution in [0.25, 0.3) is 0 Å². The molecular weight excluding hydrogens is 234 g/mol. The second-order valence-corrected chi connectivity index (χ2v) is 4.78. The van der Waals surface area contributed by atoms with E-state index in [9.17, 15) is 15.2 Å². The number of anilines is 2. The Balaban J connectivity index is 2.19. The standard InChI is InChI=1S/C12H17N3O3/c1-8-7-14(5-4-12(8)16)9-2-3-11(15(17)18)10(13)6-9/h2-3,6,8,12,16H,4-5,7,13H2,1H3. The van der Waals surface area contributed by atoms with E-state index in [1.165, 1.54) is 6.07 Å². The second kappa shape index (κ2) is 4.81. The number of piperidine rings is 1. The van der Waals surface area contributed by atoms with Crippen LogP contribution >= 0.6 is 0 Å². The van der Waals surface area contributed by atoms with Gasteiger partial charge in [-0.25, -0.2) is 0 Å². The van der Waals surface area contributed by atoms with Gasteiger partial charge in [-0.3, -0.25) is 10.1 Å². The number of nitrogen functional groups attached to an aromatic ring is 1. The van der Waals surface area contributed by atoms with Crippen LogP contribution in [0.2, 0.25) is 0 Å². The van der Waals surface area contributed by atoms with Gasteiger partial charge in [0.25, 0.3) is 5.69 Å². The Labute approximate surface area is 105 Å². The summed E-state index contributed by atoms with van der Waals surface area (Å²) >= 11 is 0. The summed E-state index contributed by atoms with van der Waals surface area (Å²) < 4.78 is 0. The van der Waals surface area contributed by atoms with E-state index in [0.717, 1.165) is 18.8 Å². The fourth-order valence-corrected chi connectivity index (χ4v) is 2.27. The SMILES string of the molecule is CC1CN(c2ccc([N+](=O)[O-])c(N)c2)CCC1O. The predicted octanol–water partition coefficient (Wildman–Crippen LogP) is 1.38. The van der Waals surface area contributed by atoms with E-state index in [-0.39, 0.29) is 23.4 Å². The highest BCUT2D eigenvalue weighted by Crippen LogP contribution is 2.29. The lowest BCUT2D eigenvalue weighted by Crippen LogP contribution is -2.41. The topological polar surface area (TPSA) is 92.6 Å². The van der Waals surface area contributed by atoms with Crippen molar-refractivity contribution >= 4 is 17.1 Å². The van der Waals surface area contributed by atoms with Crippen molar-refractivity contribution < 1.29 is 10.0 Å². The van der Waals surface area contributed by atoms with Crippen molar-refractivity contribution in [1.29, 1.82) is 0 Å². The number of hydrogen-bond acceptors (Lipinski definition) is 5. The third kappa shape index (κ3) is 2.38. The van der Waals surface area contributed by atoms with Crippen LogP contribution in [0.3, 0.4) is 0 Å². The third-order valence-electron chi connectivity index (χ3n) is 3.43. The number of rotatable bonds is 2. The zero-order valence-corrected chi connectivity index (χ0v) is 10.2. The molecule has 0 aliphatic carbocycles. The molecule has 6 nitrogen and oxygen atoms in total. The number of nitrogens with zero attached hydrogens (tertiary/aromatic N) is 2. The summed E-state index contributed by atoms with van der Waals surface area (Å²) in [5.41, 5.74) is 6.66. The average Bonchev–Trinajstić information content (AvgIpc) is 2.32. The van der Waals surface area contributed by atoms with Crippen LogP contribution in [0.1, 0.15) is 13.3 Å². The minimum absolute atomic E-state index is 0.0659. The molecule has 1 heterocycles. The molecule has 2 unspecified atom stereocenters. The van der Waals surface area contributed by atoms with Gasteiger partial charge < -0.3 is 15.7 Å². The van der Waals surface area contributed by atoms with Gasteiger partial charge in [-0.2, -0.15) is 0 Å². The second-order valence-electron chi connectivity index (χ2n) is 4.78. The van der Waals surface area contributed by atoms with Gasteiger partial charge in [-0.15, -0.1) is 0 Å². The number of nitrogens with two attached hydrogens (primary N) is 1. The van der Waals surface area contributed by atoms with Crippen molar-refractivity contribution in [2.45, 2.75) is 19.4 Å². The van der Waals surface area contributed by atoms with E-state index in [0.29, 0.717) is 6.42 Å². The van der Waals surface area contributed by atoms with E-state index < -0.39 is 4.92 Å². The molecule has 1 aliphatic rings. The Kier molecular flexibility index (Phi) is 3.38. The first-order chi connectivity index (χ1) is 8.49. The van der Waals surface area contributed by atoms with Crippen LogP contribution in [0.5, 0.6) is 0 Å². The fourth-order valence-electron chi connectivity index (χ4n) is 2.27. The smallest absolute Gasteiger partial charge is 0.292 e. The molecule has 6 heteroatoms. The Hall–Kier alpha value is -1.82. The highest BCUT2D eigenvalue weighted by atomic mass is 16.6. The molecule has 18 heavy (non-hydrogen) atoms. The third-order valence-corrected chi connectivity index (χ3v) is 3.43. The van der Waals surface area contributed by atoms with Crippen LogP contribution in [0.4, 0.5) is 17.1 Å². The molecule has 1 aliphatic heterocycles. The molecule has 0 radical (unpaired) electrons. The molecule has 98 valence electrons. The number of aliphatic hydroxyl groups excluding tert-OH is 1. The molecule has 0 amide bonds. The quantitative estimate of drug-likeness (QED) is 0.470. The normalized spacial score (nSPS) is 24.0. The van der Waals surface area contributed by atoms with Crippen molar-refractivity contribution in [2.75, 3.05) is 23.7 Å². The van der Waals surface area contributed by atoms with Crippen molar-refractivity contribution in [1.82, 2.24) is 0 Å². The summed E-state index contributed by atoms with van der Waals surface area (Å²) in [5, 5.41) is 20.4. The summed E-state index contributed by atoms with van der Waals surface area (Å²) in [7, 11) is 0. The zero-order chi connectivity index (χ0) is 13.3. The van der Waals surface area contributed by atoms with Crippen molar-refractivity contribution in [3.05, 3.63) is 28.3 Å². The lowest BCUT2D eigenvalue weighted by Gasteiger charge is -2.36.